The number of esters is 1. The zero-order chi connectivity index (χ0) is 13.1. The summed E-state index contributed by atoms with van der Waals surface area (Å²) in [5.41, 5.74) is -0.492. The zero-order valence-corrected chi connectivity index (χ0v) is 9.06. The Hall–Kier alpha value is -1.47. The molecule has 0 bridgehead atoms. The van der Waals surface area contributed by atoms with Crippen LogP contribution in [0.3, 0.4) is 0 Å². The first-order valence-electron chi connectivity index (χ1n) is 4.91. The van der Waals surface area contributed by atoms with E-state index in [0.717, 1.165) is 24.3 Å². The Morgan fingerprint density at radius 3 is 2.29 bits per heavy atom. The average molecular weight is 244 g/mol. The van der Waals surface area contributed by atoms with E-state index < -0.39 is 24.6 Å². The lowest BCUT2D eigenvalue weighted by Crippen LogP contribution is -2.32. The first kappa shape index (κ1) is 13.6. The first-order chi connectivity index (χ1) is 7.89. The smallest absolute Gasteiger partial charge is 0.461 e. The van der Waals surface area contributed by atoms with Crippen molar-refractivity contribution in [3.05, 3.63) is 29.8 Å². The highest BCUT2D eigenvalue weighted by Crippen LogP contribution is 2.28. The Morgan fingerprint density at radius 1 is 1.35 bits per heavy atom. The summed E-state index contributed by atoms with van der Waals surface area (Å²) in [5.74, 6) is -5.37. The van der Waals surface area contributed by atoms with Gasteiger partial charge < -0.3 is 14.8 Å². The summed E-state index contributed by atoms with van der Waals surface area (Å²) in [5, 5.41) is 17.6. The lowest BCUT2D eigenvalue weighted by atomic mass is 9.80. The molecule has 0 aromatic heterocycles. The van der Waals surface area contributed by atoms with Crippen molar-refractivity contribution in [1.82, 2.24) is 0 Å². The minimum atomic E-state index is -3.74. The van der Waals surface area contributed by atoms with E-state index in [1.165, 1.54) is 6.92 Å². The number of carbonyl (C=O) groups is 1. The van der Waals surface area contributed by atoms with Gasteiger partial charge in [0.05, 0.1) is 6.61 Å². The molecule has 4 nitrogen and oxygen atoms in total. The molecule has 0 aliphatic rings. The largest absolute Gasteiger partial charge is 0.488 e. The van der Waals surface area contributed by atoms with Crippen LogP contribution in [-0.4, -0.2) is 29.7 Å². The van der Waals surface area contributed by atoms with Crippen molar-refractivity contribution in [2.24, 2.45) is 0 Å². The second kappa shape index (κ2) is 5.24. The molecular weight excluding hydrogens is 233 g/mol. The van der Waals surface area contributed by atoms with E-state index in [-0.39, 0.29) is 12.1 Å². The van der Waals surface area contributed by atoms with Crippen molar-refractivity contribution in [3.63, 3.8) is 0 Å². The van der Waals surface area contributed by atoms with Crippen LogP contribution < -0.4 is 5.46 Å². The SMILES string of the molecule is CCOC(=O)C(F)(F)c1ccc(B(O)O)cc1. The fourth-order valence-electron chi connectivity index (χ4n) is 1.20. The molecule has 0 aliphatic carbocycles. The maximum absolute atomic E-state index is 13.5. The summed E-state index contributed by atoms with van der Waals surface area (Å²) < 4.78 is 31.2. The average Bonchev–Trinajstić information content (AvgIpc) is 2.29. The van der Waals surface area contributed by atoms with Gasteiger partial charge in [-0.15, -0.1) is 0 Å². The molecule has 0 heterocycles. The third-order valence-corrected chi connectivity index (χ3v) is 2.10. The van der Waals surface area contributed by atoms with Gasteiger partial charge in [0.25, 0.3) is 0 Å². The third-order valence-electron chi connectivity index (χ3n) is 2.10. The van der Waals surface area contributed by atoms with E-state index in [4.69, 9.17) is 10.0 Å². The van der Waals surface area contributed by atoms with Crippen LogP contribution in [0.25, 0.3) is 0 Å². The highest BCUT2D eigenvalue weighted by Gasteiger charge is 2.42. The van der Waals surface area contributed by atoms with Gasteiger partial charge in [-0.25, -0.2) is 4.79 Å². The van der Waals surface area contributed by atoms with Crippen LogP contribution in [0.15, 0.2) is 24.3 Å². The molecule has 1 aromatic rings. The molecule has 17 heavy (non-hydrogen) atoms. The van der Waals surface area contributed by atoms with E-state index in [1.807, 2.05) is 0 Å². The molecule has 0 amide bonds. The Balaban J connectivity index is 2.95. The highest BCUT2D eigenvalue weighted by molar-refractivity contribution is 6.58. The van der Waals surface area contributed by atoms with Crippen LogP contribution >= 0.6 is 0 Å². The van der Waals surface area contributed by atoms with Crippen molar-refractivity contribution in [2.75, 3.05) is 6.61 Å². The van der Waals surface area contributed by atoms with Gasteiger partial charge in [0, 0.05) is 5.56 Å². The fraction of sp³-hybridized carbons (Fsp3) is 0.300. The van der Waals surface area contributed by atoms with Crippen LogP contribution in [0, 0.1) is 0 Å². The number of ether oxygens (including phenoxy) is 1. The summed E-state index contributed by atoms with van der Waals surface area (Å²) in [4.78, 5) is 11.0. The number of benzene rings is 1. The fourth-order valence-corrected chi connectivity index (χ4v) is 1.20. The molecule has 0 spiro atoms. The van der Waals surface area contributed by atoms with Crippen molar-refractivity contribution < 1.29 is 28.4 Å². The Morgan fingerprint density at radius 2 is 1.88 bits per heavy atom. The van der Waals surface area contributed by atoms with Gasteiger partial charge in [0.1, 0.15) is 0 Å². The monoisotopic (exact) mass is 244 g/mol. The van der Waals surface area contributed by atoms with Crippen molar-refractivity contribution in [3.8, 4) is 0 Å². The normalized spacial score (nSPS) is 11.1. The lowest BCUT2D eigenvalue weighted by Gasteiger charge is -2.15. The zero-order valence-electron chi connectivity index (χ0n) is 9.06. The number of hydrogen-bond donors (Lipinski definition) is 2. The van der Waals surface area contributed by atoms with Gasteiger partial charge in [0.2, 0.25) is 0 Å². The van der Waals surface area contributed by atoms with Gasteiger partial charge in [-0.3, -0.25) is 0 Å². The molecule has 0 unspecified atom stereocenters. The quantitative estimate of drug-likeness (QED) is 0.578. The standard InChI is InChI=1S/C10H11BF2O4/c1-2-17-9(14)10(12,13)7-3-5-8(6-4-7)11(15)16/h3-6,15-16H,2H2,1H3. The van der Waals surface area contributed by atoms with Crippen molar-refractivity contribution >= 4 is 18.6 Å². The van der Waals surface area contributed by atoms with Crippen LogP contribution in [0.1, 0.15) is 12.5 Å². The second-order valence-corrected chi connectivity index (χ2v) is 3.29. The van der Waals surface area contributed by atoms with Crippen LogP contribution in [0.5, 0.6) is 0 Å². The van der Waals surface area contributed by atoms with Gasteiger partial charge in [-0.1, -0.05) is 24.3 Å². The maximum Gasteiger partial charge on any atom is 0.488 e. The third kappa shape index (κ3) is 3.01. The second-order valence-electron chi connectivity index (χ2n) is 3.29. The van der Waals surface area contributed by atoms with Gasteiger partial charge in [-0.05, 0) is 12.4 Å². The minimum Gasteiger partial charge on any atom is -0.461 e. The molecule has 92 valence electrons. The van der Waals surface area contributed by atoms with Gasteiger partial charge >= 0.3 is 19.0 Å². The minimum absolute atomic E-state index is 0.0633. The summed E-state index contributed by atoms with van der Waals surface area (Å²) in [6, 6.07) is 4.11. The predicted molar refractivity (Wildman–Crippen MR) is 56.8 cm³/mol. The number of hydrogen-bond acceptors (Lipinski definition) is 4. The molecular formula is C10H11BF2O4. The molecule has 2 N–H and O–H groups in total. The molecule has 0 radical (unpaired) electrons. The molecule has 0 aliphatic heterocycles. The summed E-state index contributed by atoms with van der Waals surface area (Å²) in [7, 11) is -1.74. The molecule has 1 aromatic carbocycles. The maximum atomic E-state index is 13.5. The molecule has 0 fully saturated rings. The van der Waals surface area contributed by atoms with Crippen molar-refractivity contribution in [1.29, 1.82) is 0 Å². The van der Waals surface area contributed by atoms with E-state index in [2.05, 4.69) is 4.74 Å². The summed E-state index contributed by atoms with van der Waals surface area (Å²) in [6.07, 6.45) is 0. The van der Waals surface area contributed by atoms with Crippen LogP contribution in [0.2, 0.25) is 0 Å². The Bertz CT molecular complexity index is 392. The van der Waals surface area contributed by atoms with E-state index in [0.29, 0.717) is 0 Å². The highest BCUT2D eigenvalue weighted by atomic mass is 19.3. The number of halogens is 2. The predicted octanol–water partition coefficient (Wildman–Crippen LogP) is 0.0213. The van der Waals surface area contributed by atoms with E-state index >= 15 is 0 Å². The number of rotatable bonds is 4. The Kier molecular flexibility index (Phi) is 4.19. The molecule has 0 atom stereocenters. The van der Waals surface area contributed by atoms with E-state index in [9.17, 15) is 13.6 Å². The Labute approximate surface area is 97.0 Å². The van der Waals surface area contributed by atoms with E-state index in [1.54, 1.807) is 0 Å². The topological polar surface area (TPSA) is 66.8 Å². The molecule has 7 heteroatoms. The molecule has 1 rings (SSSR count). The van der Waals surface area contributed by atoms with Crippen LogP contribution in [-0.2, 0) is 15.5 Å². The number of alkyl halides is 2. The van der Waals surface area contributed by atoms with Crippen molar-refractivity contribution in [2.45, 2.75) is 12.8 Å². The van der Waals surface area contributed by atoms with Gasteiger partial charge in [-0.2, -0.15) is 8.78 Å². The molecule has 0 saturated heterocycles. The van der Waals surface area contributed by atoms with Crippen LogP contribution in [0.4, 0.5) is 8.78 Å². The first-order valence-corrected chi connectivity index (χ1v) is 4.91. The number of carbonyl (C=O) groups excluding carboxylic acids is 1. The molecule has 0 saturated carbocycles. The summed E-state index contributed by atoms with van der Waals surface area (Å²) >= 11 is 0. The van der Waals surface area contributed by atoms with Gasteiger partial charge in [0.15, 0.2) is 0 Å². The lowest BCUT2D eigenvalue weighted by molar-refractivity contribution is -0.173. The summed E-state index contributed by atoms with van der Waals surface area (Å²) in [6.45, 7) is 1.29.